The third kappa shape index (κ3) is 3.13. The van der Waals surface area contributed by atoms with Crippen molar-refractivity contribution in [2.45, 2.75) is 46.6 Å². The lowest BCUT2D eigenvalue weighted by molar-refractivity contribution is 0.274. The van der Waals surface area contributed by atoms with Crippen LogP contribution in [0.5, 0.6) is 0 Å². The van der Waals surface area contributed by atoms with Crippen LogP contribution in [-0.4, -0.2) is 13.1 Å². The van der Waals surface area contributed by atoms with Gasteiger partial charge in [0.1, 0.15) is 5.58 Å². The molecular weight excluding hydrogens is 288 g/mol. The Morgan fingerprint density at radius 3 is 2.48 bits per heavy atom. The fourth-order valence-electron chi connectivity index (χ4n) is 3.25. The second-order valence-electron chi connectivity index (χ2n) is 7.62. The summed E-state index contributed by atoms with van der Waals surface area (Å²) in [5, 5.41) is 0.624. The van der Waals surface area contributed by atoms with Gasteiger partial charge in [-0.3, -0.25) is 4.79 Å². The number of benzene rings is 1. The molecule has 0 saturated carbocycles. The van der Waals surface area contributed by atoms with Gasteiger partial charge in [0.15, 0.2) is 11.3 Å². The fourth-order valence-corrected chi connectivity index (χ4v) is 3.25. The summed E-state index contributed by atoms with van der Waals surface area (Å²) in [6, 6.07) is 5.36. The number of fused-ring (bicyclic) bond motifs is 1. The highest BCUT2D eigenvalue weighted by Gasteiger charge is 2.27. The van der Waals surface area contributed by atoms with Crippen molar-refractivity contribution in [2.24, 2.45) is 11.1 Å². The lowest BCUT2D eigenvalue weighted by atomic mass is 9.83. The van der Waals surface area contributed by atoms with E-state index in [1.807, 2.05) is 26.0 Å². The Labute approximate surface area is 137 Å². The van der Waals surface area contributed by atoms with Crippen molar-refractivity contribution in [2.75, 3.05) is 18.0 Å². The van der Waals surface area contributed by atoms with Crippen LogP contribution < -0.4 is 16.1 Å². The molecule has 3 rings (SSSR count). The van der Waals surface area contributed by atoms with Crippen LogP contribution in [0, 0.1) is 12.3 Å². The number of rotatable bonds is 2. The Morgan fingerprint density at radius 1 is 1.22 bits per heavy atom. The molecule has 2 aromatic rings. The van der Waals surface area contributed by atoms with Gasteiger partial charge < -0.3 is 15.1 Å². The van der Waals surface area contributed by atoms with Crippen LogP contribution in [0.2, 0.25) is 0 Å². The molecule has 124 valence electrons. The number of aryl methyl sites for hydroxylation is 1. The van der Waals surface area contributed by atoms with Crippen molar-refractivity contribution >= 4 is 16.9 Å². The molecule has 0 spiro atoms. The maximum Gasteiger partial charge on any atom is 0.200 e. The first-order valence-electron chi connectivity index (χ1n) is 8.36. The SMILES string of the molecule is Cc1cc([C@@H](C)N)c2oc(N3CCC(C)(C)CC3)cc(=O)c2c1. The number of nitrogens with two attached hydrogens (primary N) is 1. The van der Waals surface area contributed by atoms with Gasteiger partial charge in [-0.25, -0.2) is 0 Å². The van der Waals surface area contributed by atoms with Crippen LogP contribution in [0.1, 0.15) is 50.8 Å². The molecule has 1 aliphatic heterocycles. The van der Waals surface area contributed by atoms with E-state index in [1.165, 1.54) is 0 Å². The van der Waals surface area contributed by atoms with E-state index in [1.54, 1.807) is 6.07 Å². The molecule has 0 aliphatic carbocycles. The molecular formula is C19H26N2O2. The minimum atomic E-state index is -0.170. The number of hydrogen-bond donors (Lipinski definition) is 1. The number of piperidine rings is 1. The minimum absolute atomic E-state index is 0.0108. The number of nitrogens with zero attached hydrogens (tertiary/aromatic N) is 1. The van der Waals surface area contributed by atoms with Crippen molar-refractivity contribution < 1.29 is 4.42 Å². The number of hydrogen-bond acceptors (Lipinski definition) is 4. The third-order valence-electron chi connectivity index (χ3n) is 4.91. The lowest BCUT2D eigenvalue weighted by Crippen LogP contribution is -2.37. The first kappa shape index (κ1) is 16.1. The normalized spacial score (nSPS) is 19.1. The second-order valence-corrected chi connectivity index (χ2v) is 7.62. The quantitative estimate of drug-likeness (QED) is 0.917. The minimum Gasteiger partial charge on any atom is -0.440 e. The predicted octanol–water partition coefficient (Wildman–Crippen LogP) is 3.75. The molecule has 1 aromatic carbocycles. The Balaban J connectivity index is 2.09. The van der Waals surface area contributed by atoms with Gasteiger partial charge in [-0.1, -0.05) is 19.9 Å². The van der Waals surface area contributed by atoms with Gasteiger partial charge in [-0.15, -0.1) is 0 Å². The molecule has 0 radical (unpaired) electrons. The van der Waals surface area contributed by atoms with Crippen LogP contribution in [-0.2, 0) is 0 Å². The van der Waals surface area contributed by atoms with E-state index in [2.05, 4.69) is 18.7 Å². The Bertz CT molecular complexity index is 780. The average molecular weight is 314 g/mol. The molecule has 0 amide bonds. The van der Waals surface area contributed by atoms with Gasteiger partial charge in [-0.05, 0) is 43.7 Å². The first-order valence-corrected chi connectivity index (χ1v) is 8.36. The molecule has 1 aromatic heterocycles. The highest BCUT2D eigenvalue weighted by Crippen LogP contribution is 2.33. The van der Waals surface area contributed by atoms with Gasteiger partial charge in [-0.2, -0.15) is 0 Å². The topological polar surface area (TPSA) is 59.5 Å². The van der Waals surface area contributed by atoms with E-state index in [4.69, 9.17) is 10.2 Å². The second kappa shape index (κ2) is 5.68. The molecule has 4 heteroatoms. The largest absolute Gasteiger partial charge is 0.440 e. The molecule has 1 aliphatic rings. The van der Waals surface area contributed by atoms with Crippen molar-refractivity contribution in [3.63, 3.8) is 0 Å². The van der Waals surface area contributed by atoms with Gasteiger partial charge in [0, 0.05) is 30.8 Å². The smallest absolute Gasteiger partial charge is 0.200 e. The Morgan fingerprint density at radius 2 is 1.87 bits per heavy atom. The molecule has 1 fully saturated rings. The fraction of sp³-hybridized carbons (Fsp3) is 0.526. The third-order valence-corrected chi connectivity index (χ3v) is 4.91. The predicted molar refractivity (Wildman–Crippen MR) is 95.1 cm³/mol. The molecule has 23 heavy (non-hydrogen) atoms. The van der Waals surface area contributed by atoms with E-state index in [0.29, 0.717) is 22.3 Å². The van der Waals surface area contributed by atoms with Crippen LogP contribution in [0.25, 0.3) is 11.0 Å². The van der Waals surface area contributed by atoms with Crippen molar-refractivity contribution in [1.82, 2.24) is 0 Å². The summed E-state index contributed by atoms with van der Waals surface area (Å²) in [4.78, 5) is 14.7. The number of anilines is 1. The van der Waals surface area contributed by atoms with Crippen molar-refractivity contribution in [3.8, 4) is 0 Å². The van der Waals surface area contributed by atoms with Crippen molar-refractivity contribution in [1.29, 1.82) is 0 Å². The molecule has 2 N–H and O–H groups in total. The molecule has 1 atom stereocenters. The molecule has 0 bridgehead atoms. The average Bonchev–Trinajstić information content (AvgIpc) is 2.47. The van der Waals surface area contributed by atoms with Crippen LogP contribution in [0.3, 0.4) is 0 Å². The molecule has 4 nitrogen and oxygen atoms in total. The van der Waals surface area contributed by atoms with E-state index in [0.717, 1.165) is 37.1 Å². The monoisotopic (exact) mass is 314 g/mol. The summed E-state index contributed by atoms with van der Waals surface area (Å²) >= 11 is 0. The van der Waals surface area contributed by atoms with E-state index < -0.39 is 0 Å². The summed E-state index contributed by atoms with van der Waals surface area (Å²) in [5.41, 5.74) is 9.03. The summed E-state index contributed by atoms with van der Waals surface area (Å²) < 4.78 is 6.14. The summed E-state index contributed by atoms with van der Waals surface area (Å²) in [7, 11) is 0. The van der Waals surface area contributed by atoms with Crippen LogP contribution in [0.15, 0.2) is 27.4 Å². The van der Waals surface area contributed by atoms with Crippen LogP contribution >= 0.6 is 0 Å². The highest BCUT2D eigenvalue weighted by molar-refractivity contribution is 5.82. The molecule has 0 unspecified atom stereocenters. The zero-order valence-corrected chi connectivity index (χ0v) is 14.5. The summed E-state index contributed by atoms with van der Waals surface area (Å²) in [5.74, 6) is 0.670. The van der Waals surface area contributed by atoms with Gasteiger partial charge >= 0.3 is 0 Å². The maximum absolute atomic E-state index is 12.6. The summed E-state index contributed by atoms with van der Waals surface area (Å²) in [6.07, 6.45) is 2.20. The zero-order chi connectivity index (χ0) is 16.8. The van der Waals surface area contributed by atoms with E-state index >= 15 is 0 Å². The molecule has 1 saturated heterocycles. The standard InChI is InChI=1S/C19H26N2O2/c1-12-9-14(13(2)20)18-15(10-12)16(22)11-17(23-18)21-7-5-19(3,4)6-8-21/h9-11,13H,5-8,20H2,1-4H3/t13-/m1/s1. The zero-order valence-electron chi connectivity index (χ0n) is 14.5. The maximum atomic E-state index is 12.6. The Kier molecular flexibility index (Phi) is 3.96. The molecule has 2 heterocycles. The van der Waals surface area contributed by atoms with Gasteiger partial charge in [0.2, 0.25) is 0 Å². The summed E-state index contributed by atoms with van der Waals surface area (Å²) in [6.45, 7) is 10.3. The van der Waals surface area contributed by atoms with E-state index in [9.17, 15) is 4.79 Å². The highest BCUT2D eigenvalue weighted by atomic mass is 16.4. The van der Waals surface area contributed by atoms with Gasteiger partial charge in [0.05, 0.1) is 5.39 Å². The Hall–Kier alpha value is -1.81. The van der Waals surface area contributed by atoms with Gasteiger partial charge in [0.25, 0.3) is 0 Å². The van der Waals surface area contributed by atoms with E-state index in [-0.39, 0.29) is 11.5 Å². The lowest BCUT2D eigenvalue weighted by Gasteiger charge is -2.37. The van der Waals surface area contributed by atoms with Crippen molar-refractivity contribution in [3.05, 3.63) is 39.5 Å². The van der Waals surface area contributed by atoms with Crippen LogP contribution in [0.4, 0.5) is 5.88 Å². The first-order chi connectivity index (χ1) is 10.8.